The number of thiazole rings is 1. The molecule has 7 heteroatoms. The van der Waals surface area contributed by atoms with Crippen molar-refractivity contribution in [2.75, 3.05) is 18.0 Å². The van der Waals surface area contributed by atoms with Crippen LogP contribution in [-0.4, -0.2) is 35.1 Å². The quantitative estimate of drug-likeness (QED) is 0.804. The maximum atomic E-state index is 12.0. The molecule has 0 bridgehead atoms. The Morgan fingerprint density at radius 1 is 1.63 bits per heavy atom. The lowest BCUT2D eigenvalue weighted by atomic mass is 10.1. The molecule has 0 aliphatic carbocycles. The summed E-state index contributed by atoms with van der Waals surface area (Å²) in [6, 6.07) is 2.41. The SMILES string of the molecule is NC(C(=O)c1ccco1)c1csc(N2CC(O)C2)n1. The van der Waals surface area contributed by atoms with Gasteiger partial charge in [-0.05, 0) is 12.1 Å². The fraction of sp³-hybridized carbons (Fsp3) is 0.333. The second kappa shape index (κ2) is 4.76. The average Bonchev–Trinajstić information content (AvgIpc) is 3.03. The Morgan fingerprint density at radius 3 is 3.05 bits per heavy atom. The van der Waals surface area contributed by atoms with Crippen LogP contribution >= 0.6 is 11.3 Å². The predicted molar refractivity (Wildman–Crippen MR) is 70.3 cm³/mol. The fourth-order valence-electron chi connectivity index (χ4n) is 1.88. The van der Waals surface area contributed by atoms with Gasteiger partial charge in [0, 0.05) is 18.5 Å². The van der Waals surface area contributed by atoms with Crippen LogP contribution in [-0.2, 0) is 0 Å². The van der Waals surface area contributed by atoms with Gasteiger partial charge in [0.25, 0.3) is 0 Å². The van der Waals surface area contributed by atoms with Crippen molar-refractivity contribution in [3.63, 3.8) is 0 Å². The van der Waals surface area contributed by atoms with Gasteiger partial charge in [-0.15, -0.1) is 11.3 Å². The Hall–Kier alpha value is -1.70. The van der Waals surface area contributed by atoms with Crippen LogP contribution in [0, 0.1) is 0 Å². The van der Waals surface area contributed by atoms with Gasteiger partial charge in [-0.2, -0.15) is 0 Å². The zero-order valence-corrected chi connectivity index (χ0v) is 10.8. The fourth-order valence-corrected chi connectivity index (χ4v) is 2.76. The number of Topliss-reactive ketones (excluding diaryl/α,β-unsaturated/α-hetero) is 1. The molecule has 1 atom stereocenters. The number of aliphatic hydroxyl groups excluding tert-OH is 1. The number of hydrogen-bond donors (Lipinski definition) is 2. The molecular weight excluding hydrogens is 266 g/mol. The van der Waals surface area contributed by atoms with Crippen molar-refractivity contribution in [2.24, 2.45) is 5.73 Å². The van der Waals surface area contributed by atoms with E-state index in [0.717, 1.165) is 5.13 Å². The predicted octanol–water partition coefficient (Wildman–Crippen LogP) is 0.800. The molecule has 0 radical (unpaired) electrons. The summed E-state index contributed by atoms with van der Waals surface area (Å²) < 4.78 is 5.04. The van der Waals surface area contributed by atoms with E-state index >= 15 is 0 Å². The van der Waals surface area contributed by atoms with Gasteiger partial charge in [-0.3, -0.25) is 4.79 Å². The number of β-amino-alcohol motifs (C(OH)–C–C–N with tert-alkyl or cyclic N) is 1. The second-order valence-electron chi connectivity index (χ2n) is 4.43. The Morgan fingerprint density at radius 2 is 2.42 bits per heavy atom. The Balaban J connectivity index is 1.73. The van der Waals surface area contributed by atoms with Gasteiger partial charge in [0.05, 0.1) is 18.1 Å². The van der Waals surface area contributed by atoms with Crippen LogP contribution < -0.4 is 10.6 Å². The summed E-state index contributed by atoms with van der Waals surface area (Å²) in [5, 5.41) is 11.8. The maximum absolute atomic E-state index is 12.0. The van der Waals surface area contributed by atoms with E-state index in [4.69, 9.17) is 10.2 Å². The van der Waals surface area contributed by atoms with Crippen molar-refractivity contribution in [1.29, 1.82) is 0 Å². The molecule has 2 aromatic heterocycles. The average molecular weight is 279 g/mol. The number of furan rings is 1. The number of carbonyl (C=O) groups is 1. The number of hydrogen-bond acceptors (Lipinski definition) is 7. The van der Waals surface area contributed by atoms with Gasteiger partial charge in [0.2, 0.25) is 5.78 Å². The summed E-state index contributed by atoms with van der Waals surface area (Å²) in [5.41, 5.74) is 6.43. The van der Waals surface area contributed by atoms with Crippen molar-refractivity contribution in [3.05, 3.63) is 35.2 Å². The highest BCUT2D eigenvalue weighted by Crippen LogP contribution is 2.28. The molecule has 19 heavy (non-hydrogen) atoms. The molecule has 1 aliphatic rings. The van der Waals surface area contributed by atoms with E-state index in [1.54, 1.807) is 17.5 Å². The van der Waals surface area contributed by atoms with Gasteiger partial charge in [0.15, 0.2) is 10.9 Å². The standard InChI is InChI=1S/C12H13N3O3S/c13-10(11(17)9-2-1-3-18-9)8-6-19-12(14-8)15-4-7(16)5-15/h1-3,6-7,10,16H,4-5,13H2. The van der Waals surface area contributed by atoms with E-state index < -0.39 is 6.04 Å². The lowest BCUT2D eigenvalue weighted by molar-refractivity contribution is 0.0932. The number of anilines is 1. The molecule has 3 rings (SSSR count). The second-order valence-corrected chi connectivity index (χ2v) is 5.27. The van der Waals surface area contributed by atoms with Crippen molar-refractivity contribution >= 4 is 22.3 Å². The van der Waals surface area contributed by atoms with Gasteiger partial charge >= 0.3 is 0 Å². The molecule has 1 unspecified atom stereocenters. The Bertz CT molecular complexity index is 575. The molecule has 2 aromatic rings. The van der Waals surface area contributed by atoms with E-state index in [9.17, 15) is 9.90 Å². The summed E-state index contributed by atoms with van der Waals surface area (Å²) >= 11 is 1.42. The molecule has 100 valence electrons. The summed E-state index contributed by atoms with van der Waals surface area (Å²) in [4.78, 5) is 18.3. The van der Waals surface area contributed by atoms with Gasteiger partial charge in [-0.1, -0.05) is 0 Å². The maximum Gasteiger partial charge on any atom is 0.220 e. The van der Waals surface area contributed by atoms with Crippen LogP contribution in [0.2, 0.25) is 0 Å². The third kappa shape index (κ3) is 2.27. The minimum atomic E-state index is -0.817. The normalized spacial score (nSPS) is 17.3. The Labute approximate surface area is 113 Å². The van der Waals surface area contributed by atoms with Crippen LogP contribution in [0.15, 0.2) is 28.2 Å². The highest BCUT2D eigenvalue weighted by atomic mass is 32.1. The zero-order chi connectivity index (χ0) is 13.4. The molecule has 0 amide bonds. The van der Waals surface area contributed by atoms with Crippen molar-refractivity contribution < 1.29 is 14.3 Å². The van der Waals surface area contributed by atoms with Crippen LogP contribution in [0.25, 0.3) is 0 Å². The monoisotopic (exact) mass is 279 g/mol. The molecule has 1 fully saturated rings. The Kier molecular flexibility index (Phi) is 3.09. The molecule has 0 saturated carbocycles. The van der Waals surface area contributed by atoms with E-state index in [1.807, 2.05) is 4.90 Å². The number of rotatable bonds is 4. The van der Waals surface area contributed by atoms with Crippen molar-refractivity contribution in [1.82, 2.24) is 4.98 Å². The molecule has 1 aliphatic heterocycles. The topological polar surface area (TPSA) is 92.6 Å². The number of aromatic nitrogens is 1. The largest absolute Gasteiger partial charge is 0.461 e. The van der Waals surface area contributed by atoms with E-state index in [0.29, 0.717) is 18.8 Å². The number of nitrogens with zero attached hydrogens (tertiary/aromatic N) is 2. The molecule has 0 spiro atoms. The molecule has 3 heterocycles. The zero-order valence-electron chi connectivity index (χ0n) is 10.0. The third-order valence-corrected chi connectivity index (χ3v) is 3.93. The van der Waals surface area contributed by atoms with Crippen LogP contribution in [0.3, 0.4) is 0 Å². The van der Waals surface area contributed by atoms with Crippen LogP contribution in [0.5, 0.6) is 0 Å². The lowest BCUT2D eigenvalue weighted by Crippen LogP contribution is -2.50. The number of aliphatic hydroxyl groups is 1. The van der Waals surface area contributed by atoms with E-state index in [-0.39, 0.29) is 17.6 Å². The van der Waals surface area contributed by atoms with Crippen LogP contribution in [0.4, 0.5) is 5.13 Å². The van der Waals surface area contributed by atoms with Crippen molar-refractivity contribution in [2.45, 2.75) is 12.1 Å². The molecule has 0 aromatic carbocycles. The highest BCUT2D eigenvalue weighted by molar-refractivity contribution is 7.13. The number of ketones is 1. The van der Waals surface area contributed by atoms with E-state index in [2.05, 4.69) is 4.98 Å². The molecule has 3 N–H and O–H groups in total. The third-order valence-electron chi connectivity index (χ3n) is 3.01. The first kappa shape index (κ1) is 12.3. The van der Waals surface area contributed by atoms with Gasteiger partial charge in [-0.25, -0.2) is 4.98 Å². The smallest absolute Gasteiger partial charge is 0.220 e. The molecule has 6 nitrogen and oxygen atoms in total. The van der Waals surface area contributed by atoms with Gasteiger partial charge < -0.3 is 20.2 Å². The summed E-state index contributed by atoms with van der Waals surface area (Å²) in [7, 11) is 0. The summed E-state index contributed by atoms with van der Waals surface area (Å²) in [6.07, 6.45) is 1.15. The minimum absolute atomic E-state index is 0.237. The van der Waals surface area contributed by atoms with Gasteiger partial charge in [0.1, 0.15) is 6.04 Å². The first-order chi connectivity index (χ1) is 9.15. The summed E-state index contributed by atoms with van der Waals surface area (Å²) in [5.74, 6) is -0.0492. The number of carbonyl (C=O) groups excluding carboxylic acids is 1. The highest BCUT2D eigenvalue weighted by Gasteiger charge is 2.28. The number of nitrogens with two attached hydrogens (primary N) is 1. The first-order valence-electron chi connectivity index (χ1n) is 5.87. The first-order valence-corrected chi connectivity index (χ1v) is 6.75. The minimum Gasteiger partial charge on any atom is -0.461 e. The van der Waals surface area contributed by atoms with Crippen molar-refractivity contribution in [3.8, 4) is 0 Å². The lowest BCUT2D eigenvalue weighted by Gasteiger charge is -2.35. The van der Waals surface area contributed by atoms with Crippen LogP contribution in [0.1, 0.15) is 22.3 Å². The molecular formula is C12H13N3O3S. The van der Waals surface area contributed by atoms with E-state index in [1.165, 1.54) is 17.6 Å². The summed E-state index contributed by atoms with van der Waals surface area (Å²) in [6.45, 7) is 1.16. The molecule has 1 saturated heterocycles.